The number of rotatable bonds is 10. The van der Waals surface area contributed by atoms with Gasteiger partial charge in [0.25, 0.3) is 0 Å². The van der Waals surface area contributed by atoms with Gasteiger partial charge < -0.3 is 20.7 Å². The Kier molecular flexibility index (Phi) is 8.92. The van der Waals surface area contributed by atoms with Crippen LogP contribution in [-0.2, 0) is 9.53 Å². The molecule has 4 aromatic rings. The standard InChI is InChI=1S/C29H34N10O2/c1-20-5-4-6-23(33-20)27-31-13-11-25(36-27)35-26-12-14-32-29(37-26)34-22-9-7-21(8-10-22)30-15-16-39-18-17-38(2)24(19-39)28(40)41-3/h4-14,24,30H,15-19H2,1-3H3,(H2,31,32,34,35,36,37). The molecule has 3 aromatic heterocycles. The van der Waals surface area contributed by atoms with Crippen molar-refractivity contribution in [3.63, 3.8) is 0 Å². The lowest BCUT2D eigenvalue weighted by molar-refractivity contribution is -0.148. The highest BCUT2D eigenvalue weighted by Crippen LogP contribution is 2.20. The van der Waals surface area contributed by atoms with Crippen molar-refractivity contribution in [3.8, 4) is 11.5 Å². The van der Waals surface area contributed by atoms with Gasteiger partial charge in [0.05, 0.1) is 7.11 Å². The maximum atomic E-state index is 12.0. The fourth-order valence-electron chi connectivity index (χ4n) is 4.52. The van der Waals surface area contributed by atoms with Crippen molar-refractivity contribution >= 4 is 34.9 Å². The fourth-order valence-corrected chi connectivity index (χ4v) is 4.52. The van der Waals surface area contributed by atoms with E-state index in [0.29, 0.717) is 35.6 Å². The molecule has 1 unspecified atom stereocenters. The SMILES string of the molecule is COC(=O)C1CN(CCNc2ccc(Nc3nccc(Nc4ccnc(-c5cccc(C)n5)n4)n3)cc2)CCN1C. The average molecular weight is 555 g/mol. The van der Waals surface area contributed by atoms with Crippen LogP contribution in [0.25, 0.3) is 11.5 Å². The number of piperazine rings is 1. The first-order valence-corrected chi connectivity index (χ1v) is 13.5. The smallest absolute Gasteiger partial charge is 0.324 e. The first-order valence-electron chi connectivity index (χ1n) is 13.5. The van der Waals surface area contributed by atoms with Crippen LogP contribution in [0.1, 0.15) is 5.69 Å². The normalized spacial score (nSPS) is 15.7. The van der Waals surface area contributed by atoms with E-state index in [1.165, 1.54) is 7.11 Å². The van der Waals surface area contributed by atoms with Crippen molar-refractivity contribution in [3.05, 3.63) is 72.7 Å². The molecule has 1 aliphatic heterocycles. The Morgan fingerprint density at radius 2 is 1.68 bits per heavy atom. The van der Waals surface area contributed by atoms with Gasteiger partial charge in [-0.3, -0.25) is 14.6 Å². The fraction of sp³-hybridized carbons (Fsp3) is 0.310. The van der Waals surface area contributed by atoms with Crippen LogP contribution in [-0.4, -0.2) is 93.6 Å². The van der Waals surface area contributed by atoms with Gasteiger partial charge in [-0.1, -0.05) is 6.07 Å². The quantitative estimate of drug-likeness (QED) is 0.248. The molecule has 0 radical (unpaired) electrons. The Morgan fingerprint density at radius 3 is 2.46 bits per heavy atom. The largest absolute Gasteiger partial charge is 0.468 e. The molecule has 3 N–H and O–H groups in total. The van der Waals surface area contributed by atoms with Gasteiger partial charge in [0.15, 0.2) is 5.82 Å². The maximum Gasteiger partial charge on any atom is 0.324 e. The van der Waals surface area contributed by atoms with Crippen molar-refractivity contribution < 1.29 is 9.53 Å². The average Bonchev–Trinajstić information content (AvgIpc) is 2.99. The summed E-state index contributed by atoms with van der Waals surface area (Å²) in [5.74, 6) is 2.02. The number of anilines is 5. The number of aromatic nitrogens is 5. The summed E-state index contributed by atoms with van der Waals surface area (Å²) in [7, 11) is 3.40. The number of aryl methyl sites for hydroxylation is 1. The summed E-state index contributed by atoms with van der Waals surface area (Å²) in [6.45, 7) is 5.97. The Hall–Kier alpha value is -4.68. The second kappa shape index (κ2) is 13.1. The van der Waals surface area contributed by atoms with Crippen LogP contribution in [0, 0.1) is 6.92 Å². The molecule has 4 heterocycles. The molecule has 12 nitrogen and oxygen atoms in total. The second-order valence-electron chi connectivity index (χ2n) is 9.77. The van der Waals surface area contributed by atoms with Gasteiger partial charge in [-0.05, 0) is 62.5 Å². The summed E-state index contributed by atoms with van der Waals surface area (Å²) in [5, 5.41) is 9.91. The summed E-state index contributed by atoms with van der Waals surface area (Å²) in [5.41, 5.74) is 3.49. The number of methoxy groups -OCH3 is 1. The zero-order valence-corrected chi connectivity index (χ0v) is 23.4. The highest BCUT2D eigenvalue weighted by Gasteiger charge is 2.30. The molecular weight excluding hydrogens is 520 g/mol. The number of likely N-dealkylation sites (N-methyl/N-ethyl adjacent to an activating group) is 1. The van der Waals surface area contributed by atoms with Crippen LogP contribution < -0.4 is 16.0 Å². The predicted octanol–water partition coefficient (Wildman–Crippen LogP) is 3.33. The molecule has 0 aliphatic carbocycles. The van der Waals surface area contributed by atoms with Crippen LogP contribution >= 0.6 is 0 Å². The Morgan fingerprint density at radius 1 is 0.927 bits per heavy atom. The number of carbonyl (C=O) groups excluding carboxylic acids is 1. The molecular formula is C29H34N10O2. The number of hydrogen-bond acceptors (Lipinski definition) is 12. The number of nitrogens with zero attached hydrogens (tertiary/aromatic N) is 7. The number of esters is 1. The molecule has 0 amide bonds. The van der Waals surface area contributed by atoms with Gasteiger partial charge in [-0.25, -0.2) is 19.9 Å². The van der Waals surface area contributed by atoms with Gasteiger partial charge >= 0.3 is 5.97 Å². The van der Waals surface area contributed by atoms with Crippen molar-refractivity contribution in [1.29, 1.82) is 0 Å². The molecule has 5 rings (SSSR count). The van der Waals surface area contributed by atoms with Crippen molar-refractivity contribution in [2.75, 3.05) is 62.8 Å². The summed E-state index contributed by atoms with van der Waals surface area (Å²) >= 11 is 0. The minimum atomic E-state index is -0.218. The Bertz CT molecular complexity index is 1470. The zero-order valence-electron chi connectivity index (χ0n) is 23.4. The zero-order chi connectivity index (χ0) is 28.6. The molecule has 1 aliphatic rings. The third kappa shape index (κ3) is 7.50. The molecule has 0 saturated carbocycles. The summed E-state index contributed by atoms with van der Waals surface area (Å²) in [6.07, 6.45) is 3.37. The minimum Gasteiger partial charge on any atom is -0.468 e. The summed E-state index contributed by atoms with van der Waals surface area (Å²) in [4.78, 5) is 38.7. The molecule has 0 bridgehead atoms. The lowest BCUT2D eigenvalue weighted by Crippen LogP contribution is -2.55. The van der Waals surface area contributed by atoms with Gasteiger partial charge in [0.1, 0.15) is 23.4 Å². The molecule has 1 aromatic carbocycles. The monoisotopic (exact) mass is 554 g/mol. The number of nitrogens with one attached hydrogen (secondary N) is 3. The predicted molar refractivity (Wildman–Crippen MR) is 158 cm³/mol. The third-order valence-corrected chi connectivity index (χ3v) is 6.79. The number of ether oxygens (including phenoxy) is 1. The molecule has 41 heavy (non-hydrogen) atoms. The Balaban J connectivity index is 1.13. The highest BCUT2D eigenvalue weighted by molar-refractivity contribution is 5.76. The van der Waals surface area contributed by atoms with Crippen LogP contribution in [0.15, 0.2) is 67.0 Å². The van der Waals surface area contributed by atoms with Crippen LogP contribution in [0.4, 0.5) is 29.0 Å². The van der Waals surface area contributed by atoms with E-state index in [1.807, 2.05) is 61.3 Å². The van der Waals surface area contributed by atoms with Crippen LogP contribution in [0.2, 0.25) is 0 Å². The van der Waals surface area contributed by atoms with E-state index < -0.39 is 0 Å². The molecule has 12 heteroatoms. The van der Waals surface area contributed by atoms with Crippen LogP contribution in [0.3, 0.4) is 0 Å². The summed E-state index contributed by atoms with van der Waals surface area (Å²) in [6, 6.07) is 17.1. The van der Waals surface area contributed by atoms with Gasteiger partial charge in [-0.2, -0.15) is 4.98 Å². The van der Waals surface area contributed by atoms with Crippen molar-refractivity contribution in [2.45, 2.75) is 13.0 Å². The first-order chi connectivity index (χ1) is 20.0. The van der Waals surface area contributed by atoms with E-state index in [4.69, 9.17) is 4.74 Å². The third-order valence-electron chi connectivity index (χ3n) is 6.79. The highest BCUT2D eigenvalue weighted by atomic mass is 16.5. The molecule has 1 saturated heterocycles. The van der Waals surface area contributed by atoms with Gasteiger partial charge in [-0.15, -0.1) is 0 Å². The molecule has 1 fully saturated rings. The lowest BCUT2D eigenvalue weighted by atomic mass is 10.2. The van der Waals surface area contributed by atoms with E-state index in [1.54, 1.807) is 24.5 Å². The van der Waals surface area contributed by atoms with E-state index in [0.717, 1.165) is 43.2 Å². The van der Waals surface area contributed by atoms with Gasteiger partial charge in [0.2, 0.25) is 5.95 Å². The molecule has 212 valence electrons. The lowest BCUT2D eigenvalue weighted by Gasteiger charge is -2.37. The van der Waals surface area contributed by atoms with Crippen LogP contribution in [0.5, 0.6) is 0 Å². The minimum absolute atomic E-state index is 0.183. The van der Waals surface area contributed by atoms with E-state index in [2.05, 4.69) is 45.8 Å². The number of pyridine rings is 1. The number of benzene rings is 1. The number of carbonyl (C=O) groups is 1. The summed E-state index contributed by atoms with van der Waals surface area (Å²) < 4.78 is 4.94. The van der Waals surface area contributed by atoms with Gasteiger partial charge in [0, 0.05) is 62.2 Å². The number of hydrogen-bond donors (Lipinski definition) is 3. The Labute approximate surface area is 239 Å². The van der Waals surface area contributed by atoms with E-state index >= 15 is 0 Å². The first kappa shape index (κ1) is 27.9. The second-order valence-corrected chi connectivity index (χ2v) is 9.77. The van der Waals surface area contributed by atoms with E-state index in [9.17, 15) is 4.79 Å². The molecule has 1 atom stereocenters. The van der Waals surface area contributed by atoms with Crippen molar-refractivity contribution in [2.24, 2.45) is 0 Å². The maximum absolute atomic E-state index is 12.0. The molecule has 0 spiro atoms. The topological polar surface area (TPSA) is 133 Å². The van der Waals surface area contributed by atoms with E-state index in [-0.39, 0.29) is 12.0 Å². The van der Waals surface area contributed by atoms with Crippen molar-refractivity contribution in [1.82, 2.24) is 34.7 Å².